The van der Waals surface area contributed by atoms with Crippen LogP contribution in [0.25, 0.3) is 55.6 Å². The smallest absolute Gasteiger partial charge is 0.234 e. The highest BCUT2D eigenvalue weighted by atomic mass is 16.2. The molecule has 9 rings (SSSR count). The van der Waals surface area contributed by atoms with Crippen molar-refractivity contribution in [3.8, 4) is 55.6 Å². The minimum Gasteiger partial charge on any atom is -0.285 e. The second kappa shape index (κ2) is 25.5. The van der Waals surface area contributed by atoms with Gasteiger partial charge in [-0.2, -0.15) is 0 Å². The zero-order chi connectivity index (χ0) is 51.3. The summed E-state index contributed by atoms with van der Waals surface area (Å²) in [5, 5.41) is 0. The summed E-state index contributed by atoms with van der Waals surface area (Å²) in [7, 11) is 0. The summed E-state index contributed by atoms with van der Waals surface area (Å²) in [5.74, 6) is -0.802. The molecule has 0 saturated carbocycles. The van der Waals surface area contributed by atoms with E-state index in [1.807, 2.05) is 12.1 Å². The molecule has 0 heterocycles. The summed E-state index contributed by atoms with van der Waals surface area (Å²) < 4.78 is 0. The SMILES string of the molecule is CCCCCCCCC1(CCCCCCCC)c2ccccc2-c2ccc(-c3ccc4c(c3)C(=O)C(=O)c3cc(-c5ccc6c(c5)C(CCCCCCCC)(CCCCCCCC)c5ccccc5-6)ccc3-4)cc21. The van der Waals surface area contributed by atoms with E-state index in [9.17, 15) is 9.59 Å². The predicted octanol–water partition coefficient (Wildman–Crippen LogP) is 21.6. The van der Waals surface area contributed by atoms with E-state index in [0.717, 1.165) is 59.1 Å². The highest BCUT2D eigenvalue weighted by Crippen LogP contribution is 2.57. The standard InChI is InChI=1S/C72H88O2/c1-5-9-13-17-21-29-45-71(46-30-22-18-14-10-6-2)65-35-27-25-33-59(65)61-43-39-55(51-67(61)71)53-37-41-57-58-42-38-54(50-64(58)70(74)69(73)63(57)49-53)56-40-44-62-60-34-26-28-36-66(60)72(68(62)52-56,47-31-23-19-15-11-7-3)48-32-24-20-16-12-8-4/h25-28,33-44,49-52H,5-24,29-32,45-48H2,1-4H3. The average Bonchev–Trinajstić information content (AvgIpc) is 3.91. The van der Waals surface area contributed by atoms with Crippen LogP contribution in [0.1, 0.15) is 250 Å². The summed E-state index contributed by atoms with van der Waals surface area (Å²) in [6.45, 7) is 9.20. The van der Waals surface area contributed by atoms with Gasteiger partial charge in [-0.25, -0.2) is 0 Å². The molecule has 0 N–H and O–H groups in total. The van der Waals surface area contributed by atoms with Crippen LogP contribution in [-0.4, -0.2) is 11.6 Å². The van der Waals surface area contributed by atoms with Crippen LogP contribution in [-0.2, 0) is 10.8 Å². The van der Waals surface area contributed by atoms with Gasteiger partial charge in [-0.15, -0.1) is 0 Å². The summed E-state index contributed by atoms with van der Waals surface area (Å²) in [6.07, 6.45) is 35.6. The lowest BCUT2D eigenvalue weighted by Gasteiger charge is -2.33. The van der Waals surface area contributed by atoms with E-state index in [0.29, 0.717) is 11.1 Å². The zero-order valence-corrected chi connectivity index (χ0v) is 46.2. The van der Waals surface area contributed by atoms with Gasteiger partial charge >= 0.3 is 0 Å². The number of hydrogen-bond donors (Lipinski definition) is 0. The third-order valence-corrected chi connectivity index (χ3v) is 18.1. The number of ketones is 2. The van der Waals surface area contributed by atoms with Crippen molar-refractivity contribution in [3.05, 3.63) is 155 Å². The van der Waals surface area contributed by atoms with Gasteiger partial charge in [0.05, 0.1) is 0 Å². The van der Waals surface area contributed by atoms with E-state index in [1.165, 1.54) is 199 Å². The first kappa shape index (κ1) is 53.5. The van der Waals surface area contributed by atoms with Crippen molar-refractivity contribution in [3.63, 3.8) is 0 Å². The molecule has 0 unspecified atom stereocenters. The zero-order valence-electron chi connectivity index (χ0n) is 46.2. The van der Waals surface area contributed by atoms with Gasteiger partial charge in [-0.1, -0.05) is 279 Å². The Hall–Kier alpha value is -5.34. The molecular weight excluding hydrogens is 897 g/mol. The molecule has 388 valence electrons. The van der Waals surface area contributed by atoms with Gasteiger partial charge < -0.3 is 0 Å². The highest BCUT2D eigenvalue weighted by Gasteiger charge is 2.44. The van der Waals surface area contributed by atoms with Gasteiger partial charge in [0.15, 0.2) is 0 Å². The number of rotatable bonds is 30. The Morgan fingerprint density at radius 2 is 0.527 bits per heavy atom. The van der Waals surface area contributed by atoms with E-state index >= 15 is 0 Å². The Labute approximate surface area is 447 Å². The van der Waals surface area contributed by atoms with E-state index in [1.54, 1.807) is 0 Å². The van der Waals surface area contributed by atoms with Crippen LogP contribution in [0.15, 0.2) is 121 Å². The number of hydrogen-bond acceptors (Lipinski definition) is 2. The third kappa shape index (κ3) is 11.1. The summed E-state index contributed by atoms with van der Waals surface area (Å²) in [5.41, 5.74) is 18.4. The second-order valence-electron chi connectivity index (χ2n) is 23.0. The molecule has 3 aliphatic carbocycles. The van der Waals surface area contributed by atoms with Crippen LogP contribution in [0.3, 0.4) is 0 Å². The first-order valence-corrected chi connectivity index (χ1v) is 30.3. The maximum Gasteiger partial charge on any atom is 0.234 e. The van der Waals surface area contributed by atoms with Crippen molar-refractivity contribution >= 4 is 11.6 Å². The second-order valence-corrected chi connectivity index (χ2v) is 23.0. The maximum atomic E-state index is 14.5. The minimum absolute atomic E-state index is 0.0276. The predicted molar refractivity (Wildman–Crippen MR) is 316 cm³/mol. The molecule has 0 radical (unpaired) electrons. The van der Waals surface area contributed by atoms with Crippen LogP contribution < -0.4 is 0 Å². The van der Waals surface area contributed by atoms with Gasteiger partial charge in [0.1, 0.15) is 0 Å². The fourth-order valence-corrected chi connectivity index (χ4v) is 14.0. The van der Waals surface area contributed by atoms with Crippen LogP contribution in [0, 0.1) is 0 Å². The van der Waals surface area contributed by atoms with E-state index in [2.05, 4.69) is 137 Å². The number of carbonyl (C=O) groups excluding carboxylic acids is 2. The van der Waals surface area contributed by atoms with Crippen LogP contribution in [0.5, 0.6) is 0 Å². The lowest BCUT2D eigenvalue weighted by atomic mass is 9.70. The monoisotopic (exact) mass is 985 g/mol. The normalized spacial score (nSPS) is 14.4. The quantitative estimate of drug-likeness (QED) is 0.0333. The molecule has 6 aromatic carbocycles. The Bertz CT molecular complexity index is 2630. The summed E-state index contributed by atoms with van der Waals surface area (Å²) in [4.78, 5) is 28.9. The first-order chi connectivity index (χ1) is 36.4. The maximum absolute atomic E-state index is 14.5. The van der Waals surface area contributed by atoms with Crippen molar-refractivity contribution in [1.82, 2.24) is 0 Å². The van der Waals surface area contributed by atoms with Crippen molar-refractivity contribution in [2.24, 2.45) is 0 Å². The van der Waals surface area contributed by atoms with Crippen LogP contribution in [0.4, 0.5) is 0 Å². The lowest BCUT2D eigenvalue weighted by molar-refractivity contribution is 0.0815. The van der Waals surface area contributed by atoms with Gasteiger partial charge in [-0.3, -0.25) is 9.59 Å². The van der Waals surface area contributed by atoms with Crippen LogP contribution >= 0.6 is 0 Å². The molecule has 0 bridgehead atoms. The summed E-state index contributed by atoms with van der Waals surface area (Å²) >= 11 is 0. The number of fused-ring (bicyclic) bond motifs is 9. The molecule has 0 fully saturated rings. The molecule has 2 heteroatoms. The Morgan fingerprint density at radius 1 is 0.257 bits per heavy atom. The van der Waals surface area contributed by atoms with Crippen molar-refractivity contribution < 1.29 is 9.59 Å². The largest absolute Gasteiger partial charge is 0.285 e. The van der Waals surface area contributed by atoms with Crippen molar-refractivity contribution in [2.45, 2.75) is 218 Å². The molecule has 3 aliphatic rings. The number of Topliss-reactive ketones (excluding diaryl/α,β-unsaturated/α-hetero) is 2. The molecule has 0 saturated heterocycles. The first-order valence-electron chi connectivity index (χ1n) is 30.3. The average molecular weight is 985 g/mol. The molecule has 0 amide bonds. The molecule has 6 aromatic rings. The van der Waals surface area contributed by atoms with Crippen molar-refractivity contribution in [2.75, 3.05) is 0 Å². The molecule has 2 nitrogen and oxygen atoms in total. The van der Waals surface area contributed by atoms with Crippen LogP contribution in [0.2, 0.25) is 0 Å². The molecular formula is C72H88O2. The molecule has 0 aromatic heterocycles. The third-order valence-electron chi connectivity index (χ3n) is 18.1. The number of benzene rings is 6. The molecule has 0 atom stereocenters. The lowest BCUT2D eigenvalue weighted by Crippen LogP contribution is -2.25. The Morgan fingerprint density at radius 3 is 0.865 bits per heavy atom. The number of unbranched alkanes of at least 4 members (excludes halogenated alkanes) is 20. The van der Waals surface area contributed by atoms with Crippen molar-refractivity contribution in [1.29, 1.82) is 0 Å². The molecule has 0 spiro atoms. The van der Waals surface area contributed by atoms with Gasteiger partial charge in [0.2, 0.25) is 11.6 Å². The van der Waals surface area contributed by atoms with Gasteiger partial charge in [0.25, 0.3) is 0 Å². The minimum atomic E-state index is -0.401. The Balaban J connectivity index is 1.02. The topological polar surface area (TPSA) is 34.1 Å². The molecule has 0 aliphatic heterocycles. The van der Waals surface area contributed by atoms with Gasteiger partial charge in [-0.05, 0) is 128 Å². The van der Waals surface area contributed by atoms with Gasteiger partial charge in [0, 0.05) is 22.0 Å². The highest BCUT2D eigenvalue weighted by molar-refractivity contribution is 6.53. The fraction of sp³-hybridized carbons (Fsp3) is 0.472. The molecule has 74 heavy (non-hydrogen) atoms. The summed E-state index contributed by atoms with van der Waals surface area (Å²) in [6, 6.07) is 45.2. The Kier molecular flexibility index (Phi) is 18.4. The van der Waals surface area contributed by atoms with E-state index in [-0.39, 0.29) is 10.8 Å². The van der Waals surface area contributed by atoms with E-state index < -0.39 is 11.6 Å². The van der Waals surface area contributed by atoms with E-state index in [4.69, 9.17) is 0 Å². The number of carbonyl (C=O) groups is 2. The fourth-order valence-electron chi connectivity index (χ4n) is 14.0.